The van der Waals surface area contributed by atoms with Crippen LogP contribution in [0.5, 0.6) is 17.4 Å². The lowest BCUT2D eigenvalue weighted by Crippen LogP contribution is -2.17. The minimum Gasteiger partial charge on any atom is -0.493 e. The van der Waals surface area contributed by atoms with E-state index in [2.05, 4.69) is 15.5 Å². The molecule has 12 heteroatoms. The van der Waals surface area contributed by atoms with Crippen molar-refractivity contribution in [2.24, 2.45) is 0 Å². The van der Waals surface area contributed by atoms with Crippen molar-refractivity contribution in [3.63, 3.8) is 0 Å². The first-order chi connectivity index (χ1) is 19.0. The number of nitrogens with zero attached hydrogens (tertiary/aromatic N) is 3. The Balaban J connectivity index is 1.81. The fourth-order valence-electron chi connectivity index (χ4n) is 3.83. The molecule has 0 aliphatic heterocycles. The number of nitrogens with one attached hydrogen (secondary N) is 2. The van der Waals surface area contributed by atoms with Crippen LogP contribution in [0.2, 0.25) is 0 Å². The van der Waals surface area contributed by atoms with Crippen LogP contribution in [0.25, 0.3) is 11.3 Å². The van der Waals surface area contributed by atoms with E-state index in [0.29, 0.717) is 16.7 Å². The Morgan fingerprint density at radius 3 is 2.42 bits per heavy atom. The maximum atomic E-state index is 13.6. The average Bonchev–Trinajstić information content (AvgIpc) is 2.93. The van der Waals surface area contributed by atoms with Crippen molar-refractivity contribution in [1.82, 2.24) is 10.2 Å². The molecule has 4 aromatic rings. The van der Waals surface area contributed by atoms with Crippen LogP contribution < -0.4 is 14.8 Å². The van der Waals surface area contributed by atoms with Gasteiger partial charge < -0.3 is 14.8 Å². The number of methoxy groups -OCH3 is 1. The van der Waals surface area contributed by atoms with Crippen LogP contribution >= 0.6 is 0 Å². The second kappa shape index (κ2) is 11.5. The predicted molar refractivity (Wildman–Crippen MR) is 144 cm³/mol. The Kier molecular flexibility index (Phi) is 8.06. The molecule has 2 N–H and O–H groups in total. The molecular weight excluding hydrogens is 540 g/mol. The molecular formula is C28H23F2N5O4S. The molecule has 9 nitrogen and oxygen atoms in total. The molecule has 0 saturated carbocycles. The van der Waals surface area contributed by atoms with E-state index in [0.717, 1.165) is 0 Å². The number of anilines is 1. The minimum absolute atomic E-state index is 0.0112. The Bertz CT molecular complexity index is 1740. The Morgan fingerprint density at radius 2 is 1.80 bits per heavy atom. The average molecular weight is 564 g/mol. The maximum Gasteiger partial charge on any atom is 0.263 e. The fourth-order valence-corrected chi connectivity index (χ4v) is 4.52. The quantitative estimate of drug-likeness (QED) is 0.255. The number of hydrogen-bond donors (Lipinski definition) is 2. The molecule has 1 aromatic heterocycles. The van der Waals surface area contributed by atoms with Gasteiger partial charge >= 0.3 is 0 Å². The molecule has 1 amide bonds. The number of nitriles is 1. The third-order valence-corrected chi connectivity index (χ3v) is 7.04. The molecule has 0 spiro atoms. The zero-order valence-electron chi connectivity index (χ0n) is 21.6. The van der Waals surface area contributed by atoms with Gasteiger partial charge in [-0.1, -0.05) is 30.3 Å². The summed E-state index contributed by atoms with van der Waals surface area (Å²) in [6, 6.07) is 18.0. The highest BCUT2D eigenvalue weighted by Gasteiger charge is 2.24. The van der Waals surface area contributed by atoms with Crippen LogP contribution in [0.1, 0.15) is 33.5 Å². The van der Waals surface area contributed by atoms with Gasteiger partial charge in [-0.25, -0.2) is 17.8 Å². The van der Waals surface area contributed by atoms with Gasteiger partial charge in [0.2, 0.25) is 0 Å². The third-order valence-electron chi connectivity index (χ3n) is 5.89. The van der Waals surface area contributed by atoms with Crippen LogP contribution in [0.15, 0.2) is 71.6 Å². The molecule has 204 valence electrons. The number of carbonyl (C=O) groups excluding carboxylic acids is 1. The van der Waals surface area contributed by atoms with Crippen LogP contribution in [-0.4, -0.2) is 33.7 Å². The number of benzene rings is 3. The lowest BCUT2D eigenvalue weighted by atomic mass is 10.0. The van der Waals surface area contributed by atoms with Gasteiger partial charge in [0.1, 0.15) is 5.56 Å². The van der Waals surface area contributed by atoms with Crippen LogP contribution in [0, 0.1) is 23.0 Å². The molecule has 0 unspecified atom stereocenters. The molecule has 0 fully saturated rings. The van der Waals surface area contributed by atoms with Crippen LogP contribution in [0.4, 0.5) is 14.5 Å². The van der Waals surface area contributed by atoms with Crippen molar-refractivity contribution in [3.05, 3.63) is 89.0 Å². The normalized spacial score (nSPS) is 12.3. The number of rotatable bonds is 8. The summed E-state index contributed by atoms with van der Waals surface area (Å²) < 4.78 is 57.5. The van der Waals surface area contributed by atoms with E-state index < -0.39 is 22.1 Å². The molecule has 0 radical (unpaired) electrons. The molecule has 4 rings (SSSR count). The van der Waals surface area contributed by atoms with Gasteiger partial charge in [-0.3, -0.25) is 4.79 Å². The highest BCUT2D eigenvalue weighted by atomic mass is 32.2. The Morgan fingerprint density at radius 1 is 1.07 bits per heavy atom. The number of alkyl halides is 2. The van der Waals surface area contributed by atoms with Crippen molar-refractivity contribution in [3.8, 4) is 34.7 Å². The largest absolute Gasteiger partial charge is 0.493 e. The summed E-state index contributed by atoms with van der Waals surface area (Å²) in [7, 11) is -1.64. The molecule has 40 heavy (non-hydrogen) atoms. The zero-order valence-corrected chi connectivity index (χ0v) is 22.4. The molecule has 0 bridgehead atoms. The van der Waals surface area contributed by atoms with Crippen LogP contribution in [0.3, 0.4) is 0 Å². The highest BCUT2D eigenvalue weighted by Crippen LogP contribution is 2.36. The predicted octanol–water partition coefficient (Wildman–Crippen LogP) is 6.35. The maximum absolute atomic E-state index is 13.6. The van der Waals surface area contributed by atoms with E-state index in [1.54, 1.807) is 19.1 Å². The number of amides is 1. The summed E-state index contributed by atoms with van der Waals surface area (Å²) in [6.45, 7) is 1.61. The van der Waals surface area contributed by atoms with E-state index in [-0.39, 0.29) is 44.8 Å². The van der Waals surface area contributed by atoms with E-state index in [9.17, 15) is 23.0 Å². The van der Waals surface area contributed by atoms with E-state index in [4.69, 9.17) is 14.3 Å². The summed E-state index contributed by atoms with van der Waals surface area (Å²) in [4.78, 5) is 13.9. The van der Waals surface area contributed by atoms with Crippen molar-refractivity contribution in [1.29, 1.82) is 10.0 Å². The second-order valence-electron chi connectivity index (χ2n) is 8.68. The van der Waals surface area contributed by atoms with Gasteiger partial charge in [0, 0.05) is 34.0 Å². The van der Waals surface area contributed by atoms with E-state index in [1.165, 1.54) is 68.0 Å². The molecule has 1 atom stereocenters. The minimum atomic E-state index is -3.04. The van der Waals surface area contributed by atoms with Gasteiger partial charge in [0.05, 0.1) is 34.2 Å². The summed E-state index contributed by atoms with van der Waals surface area (Å²) in [5, 5.41) is 20.2. The first kappa shape index (κ1) is 28.1. The van der Waals surface area contributed by atoms with E-state index in [1.807, 2.05) is 6.07 Å². The lowest BCUT2D eigenvalue weighted by molar-refractivity contribution is 0.102. The Hall–Kier alpha value is -4.89. The second-order valence-corrected chi connectivity index (χ2v) is 10.8. The summed E-state index contributed by atoms with van der Waals surface area (Å²) >= 11 is 0. The molecule has 1 heterocycles. The first-order valence-electron chi connectivity index (χ1n) is 11.7. The summed E-state index contributed by atoms with van der Waals surface area (Å²) in [5.74, 6) is -0.440. The number of hydrogen-bond acceptors (Lipinski definition) is 8. The molecule has 3 aromatic carbocycles. The Labute approximate surface area is 229 Å². The number of halogens is 2. The topological polar surface area (TPSA) is 138 Å². The lowest BCUT2D eigenvalue weighted by Gasteiger charge is -2.16. The van der Waals surface area contributed by atoms with Gasteiger partial charge in [-0.05, 0) is 42.8 Å². The van der Waals surface area contributed by atoms with Crippen molar-refractivity contribution < 1.29 is 27.3 Å². The fraction of sp³-hybridized carbons (Fsp3) is 0.143. The molecule has 0 aliphatic carbocycles. The SMILES string of the molecule is COc1cc(C#N)ccc1Oc1nnc(-c2ccc(C(F)F)cc2)c(C)c1C(=O)Nc1cccc([S@](C)(=N)=O)c1. The number of carbonyl (C=O) groups is 1. The van der Waals surface area contributed by atoms with Gasteiger partial charge in [0.15, 0.2) is 11.5 Å². The number of ether oxygens (including phenoxy) is 2. The van der Waals surface area contributed by atoms with Crippen molar-refractivity contribution in [2.45, 2.75) is 18.2 Å². The summed E-state index contributed by atoms with van der Waals surface area (Å²) in [6.07, 6.45) is -1.37. The van der Waals surface area contributed by atoms with Gasteiger partial charge in [0.25, 0.3) is 18.2 Å². The van der Waals surface area contributed by atoms with Gasteiger partial charge in [-0.15, -0.1) is 10.2 Å². The van der Waals surface area contributed by atoms with Crippen molar-refractivity contribution in [2.75, 3.05) is 18.7 Å². The summed E-state index contributed by atoms with van der Waals surface area (Å²) in [5.41, 5.74) is 1.49. The zero-order chi connectivity index (χ0) is 29.0. The monoisotopic (exact) mass is 563 g/mol. The standard InChI is InChI=1S/C28H23F2N5O4S/c1-16-24(27(36)33-20-5-4-6-21(14-20)40(3,32)37)28(39-22-12-7-17(15-31)13-23(22)38-2)35-34-25(16)18-8-10-19(11-9-18)26(29)30/h4-14,26,32H,1-3H3,(H,33,36)/t40-/m1/s1. The first-order valence-corrected chi connectivity index (χ1v) is 13.7. The smallest absolute Gasteiger partial charge is 0.263 e. The van der Waals surface area contributed by atoms with Crippen molar-refractivity contribution >= 4 is 21.3 Å². The number of aromatic nitrogens is 2. The van der Waals surface area contributed by atoms with E-state index >= 15 is 0 Å². The third kappa shape index (κ3) is 6.05. The highest BCUT2D eigenvalue weighted by molar-refractivity contribution is 7.91. The van der Waals surface area contributed by atoms with Crippen LogP contribution in [-0.2, 0) is 9.73 Å². The molecule has 0 aliphatic rings. The molecule has 0 saturated heterocycles. The van der Waals surface area contributed by atoms with Gasteiger partial charge in [-0.2, -0.15) is 5.26 Å².